The summed E-state index contributed by atoms with van der Waals surface area (Å²) in [6, 6.07) is 73.1. The Bertz CT molecular complexity index is 6450. The van der Waals surface area contributed by atoms with Gasteiger partial charge in [0, 0.05) is 44.2 Å². The summed E-state index contributed by atoms with van der Waals surface area (Å²) in [6.45, 7) is 28.9. The van der Waals surface area contributed by atoms with Gasteiger partial charge in [-0.3, -0.25) is 19.2 Å². The summed E-state index contributed by atoms with van der Waals surface area (Å²) in [5.41, 5.74) is 2.50. The van der Waals surface area contributed by atoms with E-state index in [4.69, 9.17) is 82.7 Å². The predicted molar refractivity (Wildman–Crippen MR) is 539 cm³/mol. The van der Waals surface area contributed by atoms with Crippen LogP contribution in [-0.2, 0) is 70.5 Å². The number of benzene rings is 12. The number of hydrogen-bond donors (Lipinski definition) is 1. The van der Waals surface area contributed by atoms with Crippen molar-refractivity contribution >= 4 is 88.8 Å². The second-order valence-electron chi connectivity index (χ2n) is 37.4. The molecule has 6 atom stereocenters. The number of carboxylic acid groups (broad SMARTS) is 1. The molecule has 12 aromatic carbocycles. The Morgan fingerprint density at radius 2 is 0.465 bits per heavy atom. The van der Waals surface area contributed by atoms with E-state index in [-0.39, 0.29) is 52.3 Å². The minimum absolute atomic E-state index is 0.00863. The molecule has 0 aliphatic heterocycles. The minimum atomic E-state index is -2.46. The van der Waals surface area contributed by atoms with E-state index in [1.54, 1.807) is 158 Å². The van der Waals surface area contributed by atoms with Crippen molar-refractivity contribution < 1.29 is 131 Å². The summed E-state index contributed by atoms with van der Waals surface area (Å²) in [4.78, 5) is 117. The first kappa shape index (κ1) is 106. The number of aryl methyl sites for hydroxylation is 1. The summed E-state index contributed by atoms with van der Waals surface area (Å²) in [5, 5.41) is 9.81. The molecule has 0 amide bonds. The van der Waals surface area contributed by atoms with Crippen molar-refractivity contribution in [1.29, 1.82) is 0 Å². The van der Waals surface area contributed by atoms with Crippen LogP contribution < -0.4 is 54.3 Å². The molecule has 0 saturated heterocycles. The first-order valence-corrected chi connectivity index (χ1v) is 49.3. The van der Waals surface area contributed by atoms with Gasteiger partial charge in [-0.05, 0) is 257 Å². The van der Waals surface area contributed by atoms with Gasteiger partial charge in [0.1, 0.15) is 94.8 Å². The molecule has 0 bridgehead atoms. The maximum Gasteiger partial charge on any atom is 0.530 e. The van der Waals surface area contributed by atoms with Crippen LogP contribution in [0.15, 0.2) is 267 Å². The molecule has 0 aliphatic carbocycles. The first-order chi connectivity index (χ1) is 67.4. The summed E-state index contributed by atoms with van der Waals surface area (Å²) < 4.78 is 112. The lowest BCUT2D eigenvalue weighted by molar-refractivity contribution is -0.153. The van der Waals surface area contributed by atoms with Crippen LogP contribution in [0.3, 0.4) is 0 Å². The van der Waals surface area contributed by atoms with Crippen molar-refractivity contribution in [3.8, 4) is 69.0 Å². The number of carboxylic acids is 1. The fraction of sp³-hybridized carbons (Fsp3) is 0.264. The van der Waals surface area contributed by atoms with E-state index >= 15 is 9.59 Å². The smallest absolute Gasteiger partial charge is 0.478 e. The van der Waals surface area contributed by atoms with Crippen molar-refractivity contribution in [3.05, 3.63) is 356 Å². The highest BCUT2D eigenvalue weighted by Gasteiger charge is 2.41. The molecule has 32 heteroatoms. The minimum Gasteiger partial charge on any atom is -0.478 e. The first-order valence-electron chi connectivity index (χ1n) is 45.0. The molecule has 0 spiro atoms. The van der Waals surface area contributed by atoms with Crippen LogP contribution in [0.4, 0.5) is 0 Å². The monoisotopic (exact) mass is 2000 g/mol. The zero-order chi connectivity index (χ0) is 103. The van der Waals surface area contributed by atoms with E-state index in [1.165, 1.54) is 77.0 Å². The molecule has 6 unspecified atom stereocenters. The van der Waals surface area contributed by atoms with E-state index in [0.717, 1.165) is 5.56 Å². The molecule has 12 rings (SSSR count). The van der Waals surface area contributed by atoms with Gasteiger partial charge < -0.3 is 87.8 Å². The van der Waals surface area contributed by atoms with Crippen LogP contribution >= 0.6 is 34.4 Å². The van der Waals surface area contributed by atoms with E-state index in [9.17, 15) is 38.7 Å². The van der Waals surface area contributed by atoms with Crippen LogP contribution in [0, 0.1) is 6.92 Å². The van der Waals surface area contributed by atoms with Crippen molar-refractivity contribution in [1.82, 2.24) is 0 Å². The molecule has 0 heterocycles. The maximum atomic E-state index is 15.4. The fourth-order valence-electron chi connectivity index (χ4n) is 14.7. The van der Waals surface area contributed by atoms with Gasteiger partial charge in [0.05, 0.1) is 69.1 Å². The van der Waals surface area contributed by atoms with Gasteiger partial charge in [-0.1, -0.05) is 163 Å². The molecular formula is C110H112O28P4. The van der Waals surface area contributed by atoms with Gasteiger partial charge in [-0.25, -0.2) is 24.0 Å². The van der Waals surface area contributed by atoms with Gasteiger partial charge in [0.15, 0.2) is 0 Å². The van der Waals surface area contributed by atoms with E-state index in [0.29, 0.717) is 126 Å². The maximum absolute atomic E-state index is 15.4. The SMILES string of the molecule is COC(=O)c1ccc(OP(Oc2ccc(C)cc2)Oc2ccc(C(C)(CC(=O)OCCOC(=O)CC(C)(c3ccc(OP(Oc4ccc(C=O)cc4)Oc4ccc(C(=O)OC)cc4)c(C(C)(C)C)c3)c3ccc(OP(Oc4ccc(C(=O)O)cc4)Oc4ccc(C(=O)OC)cc4)c(C(C)(C)C)c3)c3ccc(OP(Oc4ccc(C=O)cc4)Oc4ccc(C(=O)OC)cc4)c(C(C)(C)C)c3)cc2C(C)(C)C)cc1. The largest absolute Gasteiger partial charge is 0.530 e. The number of carbonyl (C=O) groups excluding carboxylic acids is 8. The van der Waals surface area contributed by atoms with Gasteiger partial charge in [0.25, 0.3) is 0 Å². The lowest BCUT2D eigenvalue weighted by atomic mass is 9.70. The van der Waals surface area contributed by atoms with Crippen molar-refractivity contribution in [2.45, 2.75) is 149 Å². The molecule has 740 valence electrons. The Labute approximate surface area is 830 Å². The molecule has 0 fully saturated rings. The average Bonchev–Trinajstić information content (AvgIpc) is 0.756. The van der Waals surface area contributed by atoms with Crippen LogP contribution in [0.5, 0.6) is 69.0 Å². The zero-order valence-electron chi connectivity index (χ0n) is 82.1. The molecule has 12 aromatic rings. The predicted octanol–water partition coefficient (Wildman–Crippen LogP) is 25.9. The van der Waals surface area contributed by atoms with Crippen LogP contribution in [0.2, 0.25) is 0 Å². The number of ether oxygens (including phenoxy) is 6. The normalized spacial score (nSPS) is 13.1. The molecule has 0 saturated carbocycles. The van der Waals surface area contributed by atoms with Gasteiger partial charge in [-0.2, -0.15) is 0 Å². The Morgan fingerprint density at radius 1 is 0.268 bits per heavy atom. The molecular weight excluding hydrogens is 1890 g/mol. The molecule has 0 aromatic heterocycles. The molecule has 28 nitrogen and oxygen atoms in total. The van der Waals surface area contributed by atoms with Crippen LogP contribution in [-0.4, -0.2) is 101 Å². The third-order valence-electron chi connectivity index (χ3n) is 22.7. The summed E-state index contributed by atoms with van der Waals surface area (Å²) in [6.07, 6.45) is 0.768. The van der Waals surface area contributed by atoms with Crippen LogP contribution in [0.25, 0.3) is 0 Å². The van der Waals surface area contributed by atoms with Crippen molar-refractivity contribution in [2.75, 3.05) is 41.7 Å². The number of hydrogen-bond acceptors (Lipinski definition) is 27. The Morgan fingerprint density at radius 3 is 0.655 bits per heavy atom. The summed E-state index contributed by atoms with van der Waals surface area (Å²) in [7, 11) is -4.42. The number of esters is 6. The standard InChI is InChI=1S/C110H112O28P4/c1-70-20-40-82(41-21-70)127-139(131-86-48-28-74(29-49-86)101(117)121-16)135-94-56-36-78(62-90(94)105(2,3)4)109(14,79-37-57-95(91(63-79)106(5,6)7)136-140(128-83-42-22-71(68-111)23-43-83)132-87-50-30-75(31-51-87)102(118)122-17)66-98(113)125-60-61-126-99(114)67-110(15,80-38-58-96(92(64-80)107(8,9)10)137-141(129-84-44-24-72(69-112)25-45-84)133-88-52-32-76(33-53-88)103(119)123-18)81-39-59-97(93(65-81)108(11,12)13)138-142(130-85-46-26-73(27-47-85)100(115)116)134-89-54-34-77(35-55-89)104(120)124-19/h20-59,62-65,68-69H,60-61,66-67H2,1-19H3,(H,115,116). The van der Waals surface area contributed by atoms with E-state index in [2.05, 4.69) is 0 Å². The van der Waals surface area contributed by atoms with E-state index < -0.39 is 122 Å². The Balaban J connectivity index is 0.906. The van der Waals surface area contributed by atoms with Gasteiger partial charge >= 0.3 is 76.2 Å². The van der Waals surface area contributed by atoms with E-state index in [1.807, 2.05) is 165 Å². The number of rotatable bonds is 42. The summed E-state index contributed by atoms with van der Waals surface area (Å²) >= 11 is 0. The molecule has 142 heavy (non-hydrogen) atoms. The highest BCUT2D eigenvalue weighted by Crippen LogP contribution is 2.54. The molecule has 0 aliphatic rings. The lowest BCUT2D eigenvalue weighted by Gasteiger charge is -2.34. The van der Waals surface area contributed by atoms with Crippen LogP contribution in [0.1, 0.15) is 232 Å². The number of carbonyl (C=O) groups is 9. The quantitative estimate of drug-likeness (QED) is 0.0122. The highest BCUT2D eigenvalue weighted by atomic mass is 31.2. The third-order valence-corrected chi connectivity index (χ3v) is 27.0. The fourth-order valence-corrected chi connectivity index (χ4v) is 18.7. The third kappa shape index (κ3) is 28.3. The second kappa shape index (κ2) is 46.8. The molecule has 1 N–H and O–H groups in total. The topological polar surface area (TPSA) is 340 Å². The zero-order valence-corrected chi connectivity index (χ0v) is 85.7. The highest BCUT2D eigenvalue weighted by molar-refractivity contribution is 7.44. The Kier molecular flexibility index (Phi) is 35.1. The van der Waals surface area contributed by atoms with Gasteiger partial charge in [0.2, 0.25) is 0 Å². The van der Waals surface area contributed by atoms with Crippen molar-refractivity contribution in [2.24, 2.45) is 0 Å². The van der Waals surface area contributed by atoms with Gasteiger partial charge in [-0.15, -0.1) is 0 Å². The summed E-state index contributed by atoms with van der Waals surface area (Å²) in [5.74, 6) is -0.925. The number of methoxy groups -OCH3 is 4. The molecule has 0 radical (unpaired) electrons. The average molecular weight is 2010 g/mol. The number of aromatic carboxylic acids is 1. The number of aldehydes is 2. The Hall–Kier alpha value is -14.4. The lowest BCUT2D eigenvalue weighted by Crippen LogP contribution is -2.31. The second-order valence-corrected chi connectivity index (χ2v) is 41.4. The van der Waals surface area contributed by atoms with Crippen molar-refractivity contribution in [3.63, 3.8) is 0 Å².